The molecule has 60 heavy (non-hydrogen) atoms. The van der Waals surface area contributed by atoms with Gasteiger partial charge in [-0.1, -0.05) is 27.7 Å². The molecule has 3 heterocycles. The van der Waals surface area contributed by atoms with Crippen LogP contribution in [0, 0.1) is 29.6 Å². The molecule has 1 aliphatic carbocycles. The van der Waals surface area contributed by atoms with E-state index >= 15 is 0 Å². The quantitative estimate of drug-likeness (QED) is 0.258. The Morgan fingerprint density at radius 3 is 2.03 bits per heavy atom. The van der Waals surface area contributed by atoms with Crippen molar-refractivity contribution in [2.24, 2.45) is 29.6 Å². The van der Waals surface area contributed by atoms with E-state index in [1.54, 1.807) is 48.8 Å². The van der Waals surface area contributed by atoms with Crippen LogP contribution in [0.15, 0.2) is 0 Å². The van der Waals surface area contributed by atoms with Crippen molar-refractivity contribution in [1.82, 2.24) is 9.80 Å². The van der Waals surface area contributed by atoms with Crippen molar-refractivity contribution in [3.63, 3.8) is 0 Å². The van der Waals surface area contributed by atoms with Gasteiger partial charge in [-0.15, -0.1) is 0 Å². The van der Waals surface area contributed by atoms with Gasteiger partial charge in [0.25, 0.3) is 0 Å². The van der Waals surface area contributed by atoms with Crippen molar-refractivity contribution < 1.29 is 67.2 Å². The van der Waals surface area contributed by atoms with Crippen molar-refractivity contribution in [2.45, 2.75) is 179 Å². The highest BCUT2D eigenvalue weighted by Crippen LogP contribution is 2.52. The highest BCUT2D eigenvalue weighted by molar-refractivity contribution is 5.84. The van der Waals surface area contributed by atoms with Crippen LogP contribution in [0.25, 0.3) is 0 Å². The van der Waals surface area contributed by atoms with Crippen molar-refractivity contribution in [3.05, 3.63) is 0 Å². The summed E-state index contributed by atoms with van der Waals surface area (Å²) in [6.45, 7) is 19.2. The average molecular weight is 859 g/mol. The average Bonchev–Trinajstić information content (AvgIpc) is 3.71. The van der Waals surface area contributed by atoms with Gasteiger partial charge in [0.1, 0.15) is 29.2 Å². The fourth-order valence-corrected chi connectivity index (χ4v) is 10.2. The molecule has 0 bridgehead atoms. The third-order valence-electron chi connectivity index (χ3n) is 14.2. The summed E-state index contributed by atoms with van der Waals surface area (Å²) in [6.07, 6.45) is -6.50. The summed E-state index contributed by atoms with van der Waals surface area (Å²) >= 11 is 0. The number of nitrogens with zero attached hydrogens (tertiary/aromatic N) is 2. The lowest BCUT2D eigenvalue weighted by atomic mass is 9.75. The van der Waals surface area contributed by atoms with Gasteiger partial charge in [0.2, 0.25) is 0 Å². The molecular formula is C44H78N2O14. The molecule has 0 spiro atoms. The summed E-state index contributed by atoms with van der Waals surface area (Å²) in [6, 6.07) is -0.0643. The predicted molar refractivity (Wildman–Crippen MR) is 221 cm³/mol. The predicted octanol–water partition coefficient (Wildman–Crippen LogP) is 3.21. The maximum atomic E-state index is 14.3. The molecule has 0 amide bonds. The van der Waals surface area contributed by atoms with Crippen molar-refractivity contribution in [1.29, 1.82) is 0 Å². The van der Waals surface area contributed by atoms with Crippen LogP contribution in [0.5, 0.6) is 0 Å². The number of aliphatic hydroxyl groups excluding tert-OH is 1. The van der Waals surface area contributed by atoms with Gasteiger partial charge >= 0.3 is 11.9 Å². The Labute approximate surface area is 358 Å². The van der Waals surface area contributed by atoms with E-state index < -0.39 is 114 Å². The Kier molecular flexibility index (Phi) is 17.2. The molecule has 2 N–H and O–H groups in total. The molecule has 16 heteroatoms. The molecule has 19 atom stereocenters. The van der Waals surface area contributed by atoms with Gasteiger partial charge in [0.15, 0.2) is 18.7 Å². The SMILES string of the molecule is CO[C@H]1[C@H](O[C@@H]2[C@@H](C)[C@H](O[C@H]3C[C@@](C)(OC)[C@@H](OC(C)=O)[C@H](C)O3)[C@@H](C)C(=O)O[C@@H]3C(C)[C@]3(O)[C@H](O)[C@@H](C)C(=O)[C@H](C)C[C@]2(C)OC)O[C@H](C)C[C@@H]1N(C)CCCN(C)C. The monoisotopic (exact) mass is 859 g/mol. The van der Waals surface area contributed by atoms with Crippen molar-refractivity contribution in [2.75, 3.05) is 55.6 Å². The van der Waals surface area contributed by atoms with E-state index in [4.69, 9.17) is 42.6 Å². The first-order chi connectivity index (χ1) is 27.9. The number of aliphatic hydroxyl groups is 2. The summed E-state index contributed by atoms with van der Waals surface area (Å²) < 4.78 is 57.3. The number of methoxy groups -OCH3 is 3. The Morgan fingerprint density at radius 1 is 0.850 bits per heavy atom. The minimum Gasteiger partial charge on any atom is -0.458 e. The summed E-state index contributed by atoms with van der Waals surface area (Å²) in [4.78, 5) is 45.1. The topological polar surface area (TPSA) is 181 Å². The summed E-state index contributed by atoms with van der Waals surface area (Å²) in [5, 5.41) is 23.2. The number of likely N-dealkylation sites (N-methyl/N-ethyl adjacent to an activating group) is 1. The molecule has 1 unspecified atom stereocenters. The maximum Gasteiger partial charge on any atom is 0.311 e. The molecule has 3 aliphatic heterocycles. The maximum absolute atomic E-state index is 14.3. The lowest BCUT2D eigenvalue weighted by Gasteiger charge is -2.50. The first-order valence-electron chi connectivity index (χ1n) is 21.8. The smallest absolute Gasteiger partial charge is 0.311 e. The summed E-state index contributed by atoms with van der Waals surface area (Å²) in [5.74, 6) is -5.40. The van der Waals surface area contributed by atoms with Gasteiger partial charge in [-0.3, -0.25) is 14.4 Å². The van der Waals surface area contributed by atoms with Gasteiger partial charge in [-0.05, 0) is 88.1 Å². The first-order valence-corrected chi connectivity index (χ1v) is 21.8. The van der Waals surface area contributed by atoms with Gasteiger partial charge in [0.05, 0.1) is 42.0 Å². The number of carbonyl (C=O) groups is 3. The lowest BCUT2D eigenvalue weighted by molar-refractivity contribution is -0.321. The second kappa shape index (κ2) is 20.3. The zero-order chi connectivity index (χ0) is 45.2. The molecule has 348 valence electrons. The van der Waals surface area contributed by atoms with Crippen LogP contribution in [0.3, 0.4) is 0 Å². The van der Waals surface area contributed by atoms with Gasteiger partial charge in [-0.25, -0.2) is 0 Å². The van der Waals surface area contributed by atoms with Crippen LogP contribution >= 0.6 is 0 Å². The van der Waals surface area contributed by atoms with Crippen LogP contribution in [0.2, 0.25) is 0 Å². The highest BCUT2D eigenvalue weighted by atomic mass is 16.7. The van der Waals surface area contributed by atoms with Gasteiger partial charge < -0.3 is 62.6 Å². The van der Waals surface area contributed by atoms with Crippen molar-refractivity contribution >= 4 is 17.7 Å². The normalized spacial score (nSPS) is 45.8. The number of ketones is 1. The number of hydrogen-bond acceptors (Lipinski definition) is 16. The van der Waals surface area contributed by atoms with Crippen LogP contribution in [0.4, 0.5) is 0 Å². The number of carbonyl (C=O) groups excluding carboxylic acids is 3. The van der Waals surface area contributed by atoms with Crippen LogP contribution < -0.4 is 0 Å². The summed E-state index contributed by atoms with van der Waals surface area (Å²) in [7, 11) is 10.9. The first kappa shape index (κ1) is 50.8. The zero-order valence-electron chi connectivity index (χ0n) is 39.2. The minimum atomic E-state index is -1.82. The third-order valence-corrected chi connectivity index (χ3v) is 14.2. The van der Waals surface area contributed by atoms with E-state index in [0.29, 0.717) is 6.42 Å². The summed E-state index contributed by atoms with van der Waals surface area (Å²) in [5.41, 5.74) is -4.06. The molecule has 0 aromatic rings. The molecule has 0 aromatic heterocycles. The molecule has 4 fully saturated rings. The van der Waals surface area contributed by atoms with E-state index in [1.807, 2.05) is 27.7 Å². The molecule has 3 saturated heterocycles. The molecule has 0 radical (unpaired) electrons. The molecule has 0 aromatic carbocycles. The number of Topliss-reactive ketones (excluding diaryl/α,β-unsaturated/α-hetero) is 1. The van der Waals surface area contributed by atoms with E-state index in [2.05, 4.69) is 30.9 Å². The van der Waals surface area contributed by atoms with Crippen molar-refractivity contribution in [3.8, 4) is 0 Å². The zero-order valence-corrected chi connectivity index (χ0v) is 39.2. The second-order valence-corrected chi connectivity index (χ2v) is 19.1. The number of hydrogen-bond donors (Lipinski definition) is 2. The van der Waals surface area contributed by atoms with Gasteiger partial charge in [0, 0.05) is 64.4 Å². The van der Waals surface area contributed by atoms with Crippen LogP contribution in [-0.2, 0) is 57.0 Å². The second-order valence-electron chi connectivity index (χ2n) is 19.1. The number of fused-ring (bicyclic) bond motifs is 1. The number of ether oxygens (including phenoxy) is 9. The van der Waals surface area contributed by atoms with E-state index in [1.165, 1.54) is 14.0 Å². The van der Waals surface area contributed by atoms with E-state index in [9.17, 15) is 24.6 Å². The van der Waals surface area contributed by atoms with Crippen LogP contribution in [0.1, 0.15) is 94.9 Å². The Hall–Kier alpha value is -1.83. The molecule has 4 aliphatic rings. The molecular weight excluding hydrogens is 780 g/mol. The Bertz CT molecular complexity index is 1450. The minimum absolute atomic E-state index is 0.0643. The Morgan fingerprint density at radius 2 is 1.47 bits per heavy atom. The fourth-order valence-electron chi connectivity index (χ4n) is 10.2. The number of rotatable bonds is 13. The van der Waals surface area contributed by atoms with Crippen LogP contribution in [-0.4, -0.2) is 178 Å². The largest absolute Gasteiger partial charge is 0.458 e. The molecule has 4 rings (SSSR count). The highest BCUT2D eigenvalue weighted by Gasteiger charge is 2.70. The van der Waals surface area contributed by atoms with E-state index in [-0.39, 0.29) is 30.8 Å². The van der Waals surface area contributed by atoms with E-state index in [0.717, 1.165) is 19.5 Å². The van der Waals surface area contributed by atoms with Gasteiger partial charge in [-0.2, -0.15) is 0 Å². The lowest BCUT2D eigenvalue weighted by Crippen LogP contribution is -2.61. The number of esters is 2. The fraction of sp³-hybridized carbons (Fsp3) is 0.932. The molecule has 16 nitrogen and oxygen atoms in total. The third kappa shape index (κ3) is 10.7. The standard InChI is InChI=1S/C44H78N2O14/c1-23-21-42(9,53-15)37(60-41-35(52-14)31(20-24(2)55-41)46(13)19-17-18-45(11)12)26(4)34(58-32-22-43(10,54-16)39(29(7)56-32)57-30(8)47)27(5)40(50)59-38-28(6)44(38,51)36(49)25(3)33(23)48/h23-29,31-32,34-39,41,49,51H,17-22H2,1-16H3/t23-,24-,25+,26+,27-,28?,29+,31+,32+,34+,35-,36-,37-,38-,39+,41+,42+,43-,44+/m1/s1. The Balaban J connectivity index is 1.82. The molecule has 1 saturated carbocycles.